The molecule has 3 aromatic carbocycles. The molecule has 34 heavy (non-hydrogen) atoms. The molecule has 0 unspecified atom stereocenters. The van der Waals surface area contributed by atoms with Crippen molar-refractivity contribution in [1.29, 1.82) is 0 Å². The summed E-state index contributed by atoms with van der Waals surface area (Å²) < 4.78 is 0. The first kappa shape index (κ1) is 21.8. The van der Waals surface area contributed by atoms with Gasteiger partial charge in [-0.15, -0.1) is 0 Å². The van der Waals surface area contributed by atoms with Crippen molar-refractivity contribution in [3.8, 4) is 11.3 Å². The number of benzene rings is 3. The van der Waals surface area contributed by atoms with Crippen LogP contribution in [-0.4, -0.2) is 15.9 Å². The van der Waals surface area contributed by atoms with Crippen LogP contribution in [0.15, 0.2) is 72.8 Å². The van der Waals surface area contributed by atoms with Gasteiger partial charge in [-0.2, -0.15) is 0 Å². The summed E-state index contributed by atoms with van der Waals surface area (Å²) in [6, 6.07) is 24.3. The van der Waals surface area contributed by atoms with Gasteiger partial charge in [0.25, 0.3) is 0 Å². The highest BCUT2D eigenvalue weighted by molar-refractivity contribution is 5.92. The van der Waals surface area contributed by atoms with E-state index in [2.05, 4.69) is 17.4 Å². The molecule has 5 nitrogen and oxygen atoms in total. The number of nitrogen functional groups attached to an aromatic ring is 1. The van der Waals surface area contributed by atoms with Crippen LogP contribution in [0.5, 0.6) is 0 Å². The molecule has 0 atom stereocenters. The summed E-state index contributed by atoms with van der Waals surface area (Å²) in [4.78, 5) is 22.9. The monoisotopic (exact) mass is 448 g/mol. The fraction of sp³-hybridized carbons (Fsp3) is 0.207. The van der Waals surface area contributed by atoms with Crippen LogP contribution < -0.4 is 11.1 Å². The Balaban J connectivity index is 1.46. The van der Waals surface area contributed by atoms with E-state index in [0.717, 1.165) is 53.2 Å². The number of anilines is 2. The number of rotatable bonds is 6. The number of carbonyl (C=O) groups excluding carboxylic acids is 1. The van der Waals surface area contributed by atoms with E-state index in [1.807, 2.05) is 67.6 Å². The Labute approximate surface area is 200 Å². The summed E-state index contributed by atoms with van der Waals surface area (Å²) in [6.07, 6.45) is 3.46. The van der Waals surface area contributed by atoms with E-state index < -0.39 is 0 Å². The average Bonchev–Trinajstić information content (AvgIpc) is 2.84. The van der Waals surface area contributed by atoms with Crippen molar-refractivity contribution in [2.75, 3.05) is 11.1 Å². The maximum atomic E-state index is 12.9. The standard InChI is InChI=1S/C29H28N4O/c1-19-7-9-21(10-8-19)17-27(34)33-29-26(15-11-20-5-3-2-4-6-20)31-28-24-14-13-23(30)18-22(24)12-16-25(28)32-29/h2-10,13-14,18H,11-12,15-17,30H2,1H3,(H,32,33,34). The third kappa shape index (κ3) is 4.84. The quantitative estimate of drug-likeness (QED) is 0.402. The van der Waals surface area contributed by atoms with Crippen LogP contribution in [-0.2, 0) is 36.9 Å². The molecular weight excluding hydrogens is 420 g/mol. The van der Waals surface area contributed by atoms with Crippen LogP contribution in [0.3, 0.4) is 0 Å². The first-order valence-electron chi connectivity index (χ1n) is 11.7. The third-order valence-electron chi connectivity index (χ3n) is 6.29. The molecule has 0 radical (unpaired) electrons. The SMILES string of the molecule is Cc1ccc(CC(=O)Nc2nc3c(nc2CCc2ccccc2)-c2ccc(N)cc2CC3)cc1. The van der Waals surface area contributed by atoms with Gasteiger partial charge in [-0.3, -0.25) is 4.79 Å². The molecule has 0 aliphatic heterocycles. The van der Waals surface area contributed by atoms with E-state index in [4.69, 9.17) is 15.7 Å². The minimum Gasteiger partial charge on any atom is -0.399 e. The summed E-state index contributed by atoms with van der Waals surface area (Å²) in [5, 5.41) is 3.06. The molecule has 0 saturated carbocycles. The van der Waals surface area contributed by atoms with Gasteiger partial charge in [-0.25, -0.2) is 9.97 Å². The lowest BCUT2D eigenvalue weighted by molar-refractivity contribution is -0.115. The van der Waals surface area contributed by atoms with Crippen LogP contribution in [0.2, 0.25) is 0 Å². The second-order valence-electron chi connectivity index (χ2n) is 8.93. The van der Waals surface area contributed by atoms with E-state index in [-0.39, 0.29) is 5.91 Å². The topological polar surface area (TPSA) is 80.9 Å². The largest absolute Gasteiger partial charge is 0.399 e. The molecule has 1 amide bonds. The molecular formula is C29H28N4O. The lowest BCUT2D eigenvalue weighted by atomic mass is 9.91. The molecule has 1 aliphatic rings. The highest BCUT2D eigenvalue weighted by atomic mass is 16.1. The van der Waals surface area contributed by atoms with Crippen molar-refractivity contribution in [3.05, 3.63) is 106 Å². The number of aryl methyl sites for hydroxylation is 5. The zero-order valence-electron chi connectivity index (χ0n) is 19.3. The number of fused-ring (bicyclic) bond motifs is 3. The molecule has 0 spiro atoms. The summed E-state index contributed by atoms with van der Waals surface area (Å²) >= 11 is 0. The minimum absolute atomic E-state index is 0.0805. The molecule has 3 N–H and O–H groups in total. The van der Waals surface area contributed by atoms with Crippen LogP contribution in [0.25, 0.3) is 11.3 Å². The van der Waals surface area contributed by atoms with Crippen LogP contribution in [0.1, 0.15) is 33.6 Å². The maximum Gasteiger partial charge on any atom is 0.229 e. The van der Waals surface area contributed by atoms with Crippen molar-refractivity contribution in [1.82, 2.24) is 9.97 Å². The van der Waals surface area contributed by atoms with E-state index in [1.165, 1.54) is 16.7 Å². The number of aromatic nitrogens is 2. The number of nitrogens with two attached hydrogens (primary N) is 1. The number of hydrogen-bond acceptors (Lipinski definition) is 4. The van der Waals surface area contributed by atoms with Gasteiger partial charge in [0, 0.05) is 11.3 Å². The van der Waals surface area contributed by atoms with Crippen molar-refractivity contribution in [2.45, 2.75) is 39.0 Å². The number of nitrogens with zero attached hydrogens (tertiary/aromatic N) is 2. The lowest BCUT2D eigenvalue weighted by Crippen LogP contribution is -2.20. The van der Waals surface area contributed by atoms with Gasteiger partial charge in [0.2, 0.25) is 5.91 Å². The summed E-state index contributed by atoms with van der Waals surface area (Å²) in [6.45, 7) is 2.04. The molecule has 5 heteroatoms. The van der Waals surface area contributed by atoms with Crippen LogP contribution in [0.4, 0.5) is 11.5 Å². The van der Waals surface area contributed by atoms with Crippen molar-refractivity contribution >= 4 is 17.4 Å². The molecule has 0 fully saturated rings. The molecule has 170 valence electrons. The fourth-order valence-electron chi connectivity index (χ4n) is 4.45. The zero-order valence-corrected chi connectivity index (χ0v) is 19.3. The predicted octanol–water partition coefficient (Wildman–Crippen LogP) is 5.10. The van der Waals surface area contributed by atoms with Gasteiger partial charge >= 0.3 is 0 Å². The molecule has 1 aromatic heterocycles. The average molecular weight is 449 g/mol. The van der Waals surface area contributed by atoms with Gasteiger partial charge in [0.05, 0.1) is 23.5 Å². The third-order valence-corrected chi connectivity index (χ3v) is 6.29. The van der Waals surface area contributed by atoms with Gasteiger partial charge in [0.15, 0.2) is 5.82 Å². The van der Waals surface area contributed by atoms with E-state index >= 15 is 0 Å². The second kappa shape index (κ2) is 9.48. The summed E-state index contributed by atoms with van der Waals surface area (Å²) in [5.41, 5.74) is 15.1. The molecule has 0 bridgehead atoms. The number of hydrogen-bond donors (Lipinski definition) is 2. The molecule has 4 aromatic rings. The first-order valence-corrected chi connectivity index (χ1v) is 11.7. The Hall–Kier alpha value is -3.99. The minimum atomic E-state index is -0.0805. The normalized spacial score (nSPS) is 12.0. The Kier molecular flexibility index (Phi) is 6.09. The van der Waals surface area contributed by atoms with Gasteiger partial charge in [0.1, 0.15) is 0 Å². The van der Waals surface area contributed by atoms with E-state index in [9.17, 15) is 4.79 Å². The molecule has 1 aliphatic carbocycles. The fourth-order valence-corrected chi connectivity index (χ4v) is 4.45. The molecule has 5 rings (SSSR count). The van der Waals surface area contributed by atoms with E-state index in [1.54, 1.807) is 0 Å². The Bertz CT molecular complexity index is 1330. The Morgan fingerprint density at radius 2 is 1.71 bits per heavy atom. The molecule has 0 saturated heterocycles. The Morgan fingerprint density at radius 3 is 2.50 bits per heavy atom. The van der Waals surface area contributed by atoms with Crippen molar-refractivity contribution in [2.24, 2.45) is 0 Å². The maximum absolute atomic E-state index is 12.9. The first-order chi connectivity index (χ1) is 16.5. The van der Waals surface area contributed by atoms with Crippen molar-refractivity contribution < 1.29 is 4.79 Å². The second-order valence-corrected chi connectivity index (χ2v) is 8.93. The number of amides is 1. The van der Waals surface area contributed by atoms with Gasteiger partial charge in [-0.1, -0.05) is 66.2 Å². The highest BCUT2D eigenvalue weighted by Crippen LogP contribution is 2.34. The van der Waals surface area contributed by atoms with Gasteiger partial charge < -0.3 is 11.1 Å². The van der Waals surface area contributed by atoms with E-state index in [0.29, 0.717) is 18.7 Å². The Morgan fingerprint density at radius 1 is 0.912 bits per heavy atom. The number of nitrogens with one attached hydrogen (secondary N) is 1. The molecule has 1 heterocycles. The van der Waals surface area contributed by atoms with Crippen LogP contribution in [0, 0.1) is 6.92 Å². The summed E-state index contributed by atoms with van der Waals surface area (Å²) in [7, 11) is 0. The lowest BCUT2D eigenvalue weighted by Gasteiger charge is -2.21. The van der Waals surface area contributed by atoms with Crippen LogP contribution >= 0.6 is 0 Å². The van der Waals surface area contributed by atoms with Gasteiger partial charge in [-0.05, 0) is 61.4 Å². The van der Waals surface area contributed by atoms with Crippen molar-refractivity contribution in [3.63, 3.8) is 0 Å². The zero-order chi connectivity index (χ0) is 23.5. The smallest absolute Gasteiger partial charge is 0.229 e. The predicted molar refractivity (Wildman–Crippen MR) is 137 cm³/mol. The summed E-state index contributed by atoms with van der Waals surface area (Å²) in [5.74, 6) is 0.494. The highest BCUT2D eigenvalue weighted by Gasteiger charge is 2.22. The number of carbonyl (C=O) groups is 1.